The van der Waals surface area contributed by atoms with Crippen LogP contribution in [0.5, 0.6) is 0 Å². The molecule has 74 valence electrons. The molecule has 2 heterocycles. The van der Waals surface area contributed by atoms with Crippen LogP contribution in [0.1, 0.15) is 12.5 Å². The molecule has 14 heavy (non-hydrogen) atoms. The van der Waals surface area contributed by atoms with Crippen molar-refractivity contribution in [2.24, 2.45) is 5.41 Å². The molecule has 1 aliphatic heterocycles. The van der Waals surface area contributed by atoms with Gasteiger partial charge in [-0.25, -0.2) is 0 Å². The van der Waals surface area contributed by atoms with E-state index < -0.39 is 0 Å². The Labute approximate surface area is 82.1 Å². The van der Waals surface area contributed by atoms with Crippen LogP contribution in [0, 0.1) is 16.7 Å². The highest BCUT2D eigenvalue weighted by Crippen LogP contribution is 2.26. The Hall–Kier alpha value is -1.54. The second kappa shape index (κ2) is 3.31. The summed E-state index contributed by atoms with van der Waals surface area (Å²) < 4.78 is 5.13. The first-order chi connectivity index (χ1) is 6.73. The normalized spacial score (nSPS) is 18.3. The molecule has 5 heteroatoms. The fraction of sp³-hybridized carbons (Fsp3) is 0.556. The van der Waals surface area contributed by atoms with Crippen molar-refractivity contribution >= 4 is 5.82 Å². The highest BCUT2D eigenvalue weighted by atomic mass is 16.5. The van der Waals surface area contributed by atoms with Gasteiger partial charge in [0.05, 0.1) is 19.4 Å². The van der Waals surface area contributed by atoms with E-state index in [1.807, 2.05) is 0 Å². The predicted octanol–water partition coefficient (Wildman–Crippen LogP) is 0.730. The van der Waals surface area contributed by atoms with Crippen molar-refractivity contribution in [3.63, 3.8) is 0 Å². The Morgan fingerprint density at radius 2 is 2.57 bits per heavy atom. The Morgan fingerprint density at radius 1 is 1.79 bits per heavy atom. The maximum atomic E-state index is 8.73. The lowest BCUT2D eigenvalue weighted by molar-refractivity contribution is -0.0924. The summed E-state index contributed by atoms with van der Waals surface area (Å²) in [5.74, 6) is 0.695. The molecule has 1 fully saturated rings. The molecule has 0 aliphatic carbocycles. The van der Waals surface area contributed by atoms with Crippen molar-refractivity contribution in [2.45, 2.75) is 6.92 Å². The summed E-state index contributed by atoms with van der Waals surface area (Å²) in [7, 11) is 0. The molecule has 0 bridgehead atoms. The quantitative estimate of drug-likeness (QED) is 0.740. The number of nitriles is 1. The number of hydrogen-bond donors (Lipinski definition) is 2. The molecule has 0 amide bonds. The Balaban J connectivity index is 1.95. The lowest BCUT2D eigenvalue weighted by Crippen LogP contribution is -2.45. The van der Waals surface area contributed by atoms with Crippen molar-refractivity contribution < 1.29 is 4.74 Å². The number of H-pyrrole nitrogens is 1. The highest BCUT2D eigenvalue weighted by molar-refractivity contribution is 5.50. The molecule has 1 aromatic rings. The summed E-state index contributed by atoms with van der Waals surface area (Å²) >= 11 is 0. The summed E-state index contributed by atoms with van der Waals surface area (Å²) in [5.41, 5.74) is 0.742. The van der Waals surface area contributed by atoms with Gasteiger partial charge in [0.1, 0.15) is 17.5 Å². The molecule has 0 radical (unpaired) electrons. The zero-order chi connectivity index (χ0) is 10.0. The maximum Gasteiger partial charge on any atom is 0.139 e. The van der Waals surface area contributed by atoms with E-state index in [4.69, 9.17) is 10.00 Å². The van der Waals surface area contributed by atoms with Crippen molar-refractivity contribution in [3.05, 3.63) is 11.8 Å². The van der Waals surface area contributed by atoms with E-state index >= 15 is 0 Å². The van der Waals surface area contributed by atoms with Gasteiger partial charge < -0.3 is 10.1 Å². The van der Waals surface area contributed by atoms with Gasteiger partial charge in [-0.1, -0.05) is 6.92 Å². The summed E-state index contributed by atoms with van der Waals surface area (Å²) in [6.07, 6.45) is 1.52. The van der Waals surface area contributed by atoms with Gasteiger partial charge in [0.25, 0.3) is 0 Å². The van der Waals surface area contributed by atoms with Crippen LogP contribution in [0.25, 0.3) is 0 Å². The van der Waals surface area contributed by atoms with Gasteiger partial charge in [-0.15, -0.1) is 0 Å². The smallest absolute Gasteiger partial charge is 0.139 e. The summed E-state index contributed by atoms with van der Waals surface area (Å²) in [5, 5.41) is 18.4. The molecule has 0 unspecified atom stereocenters. The third-order valence-corrected chi connectivity index (χ3v) is 2.35. The monoisotopic (exact) mass is 192 g/mol. The van der Waals surface area contributed by atoms with Crippen molar-refractivity contribution in [1.29, 1.82) is 5.26 Å². The number of nitrogens with zero attached hydrogens (tertiary/aromatic N) is 2. The number of anilines is 1. The fourth-order valence-corrected chi connectivity index (χ4v) is 1.36. The molecule has 1 aliphatic rings. The molecule has 0 saturated carbocycles. The summed E-state index contributed by atoms with van der Waals surface area (Å²) in [6, 6.07) is 2.06. The van der Waals surface area contributed by atoms with Gasteiger partial charge in [0, 0.05) is 12.0 Å². The van der Waals surface area contributed by atoms with E-state index in [9.17, 15) is 0 Å². The number of ether oxygens (including phenoxy) is 1. The maximum absolute atomic E-state index is 8.73. The lowest BCUT2D eigenvalue weighted by Gasteiger charge is -2.38. The van der Waals surface area contributed by atoms with Gasteiger partial charge >= 0.3 is 0 Å². The number of nitrogens with one attached hydrogen (secondary N) is 2. The largest absolute Gasteiger partial charge is 0.380 e. The number of aromatic amines is 1. The molecule has 5 nitrogen and oxygen atoms in total. The highest BCUT2D eigenvalue weighted by Gasteiger charge is 2.33. The SMILES string of the molecule is CC1(CNc2[nH]ncc2C#N)COC1. The Morgan fingerprint density at radius 3 is 3.14 bits per heavy atom. The standard InChI is InChI=1S/C9H12N4O/c1-9(5-14-6-9)4-11-8-7(2-10)3-12-13-8/h3H,4-6H2,1H3,(H2,11,12,13). The zero-order valence-electron chi connectivity index (χ0n) is 8.00. The first-order valence-corrected chi connectivity index (χ1v) is 4.49. The van der Waals surface area contributed by atoms with Crippen LogP contribution in [0.4, 0.5) is 5.82 Å². The number of rotatable bonds is 3. The van der Waals surface area contributed by atoms with Gasteiger partial charge in [0.15, 0.2) is 0 Å². The van der Waals surface area contributed by atoms with Crippen LogP contribution in [0.3, 0.4) is 0 Å². The van der Waals surface area contributed by atoms with Crippen LogP contribution < -0.4 is 5.32 Å². The van der Waals surface area contributed by atoms with Gasteiger partial charge in [-0.05, 0) is 0 Å². The molecule has 0 spiro atoms. The predicted molar refractivity (Wildman–Crippen MR) is 50.7 cm³/mol. The molecule has 1 saturated heterocycles. The number of hydrogen-bond acceptors (Lipinski definition) is 4. The van der Waals surface area contributed by atoms with E-state index in [1.165, 1.54) is 6.20 Å². The molecule has 2 rings (SSSR count). The van der Waals surface area contributed by atoms with E-state index in [-0.39, 0.29) is 5.41 Å². The van der Waals surface area contributed by atoms with Gasteiger partial charge in [0.2, 0.25) is 0 Å². The van der Waals surface area contributed by atoms with Crippen LogP contribution in [-0.2, 0) is 4.74 Å². The minimum atomic E-state index is 0.192. The van der Waals surface area contributed by atoms with Crippen LogP contribution in [0.2, 0.25) is 0 Å². The van der Waals surface area contributed by atoms with Crippen molar-refractivity contribution in [1.82, 2.24) is 10.2 Å². The van der Waals surface area contributed by atoms with Crippen LogP contribution >= 0.6 is 0 Å². The third-order valence-electron chi connectivity index (χ3n) is 2.35. The van der Waals surface area contributed by atoms with Crippen molar-refractivity contribution in [3.8, 4) is 6.07 Å². The minimum Gasteiger partial charge on any atom is -0.380 e. The van der Waals surface area contributed by atoms with Crippen molar-refractivity contribution in [2.75, 3.05) is 25.1 Å². The third kappa shape index (κ3) is 1.56. The first kappa shape index (κ1) is 9.03. The molecule has 0 aromatic carbocycles. The number of aromatic nitrogens is 2. The van der Waals surface area contributed by atoms with E-state index in [0.717, 1.165) is 19.8 Å². The minimum absolute atomic E-state index is 0.192. The molecular formula is C9H12N4O. The molecular weight excluding hydrogens is 180 g/mol. The molecule has 2 N–H and O–H groups in total. The topological polar surface area (TPSA) is 73.7 Å². The van der Waals surface area contributed by atoms with Crippen LogP contribution in [0.15, 0.2) is 6.20 Å². The Kier molecular flexibility index (Phi) is 2.14. The van der Waals surface area contributed by atoms with Gasteiger partial charge in [-0.2, -0.15) is 10.4 Å². The average molecular weight is 192 g/mol. The average Bonchev–Trinajstić information content (AvgIpc) is 2.58. The zero-order valence-corrected chi connectivity index (χ0v) is 8.00. The molecule has 1 aromatic heterocycles. The van der Waals surface area contributed by atoms with Gasteiger partial charge in [-0.3, -0.25) is 5.10 Å². The molecule has 0 atom stereocenters. The Bertz CT molecular complexity index is 361. The second-order valence-electron chi connectivity index (χ2n) is 3.93. The fourth-order valence-electron chi connectivity index (χ4n) is 1.36. The van der Waals surface area contributed by atoms with Crippen LogP contribution in [-0.4, -0.2) is 30.0 Å². The van der Waals surface area contributed by atoms with E-state index in [1.54, 1.807) is 0 Å². The summed E-state index contributed by atoms with van der Waals surface area (Å²) in [4.78, 5) is 0. The summed E-state index contributed by atoms with van der Waals surface area (Å²) in [6.45, 7) is 4.49. The van der Waals surface area contributed by atoms with E-state index in [2.05, 4.69) is 28.5 Å². The van der Waals surface area contributed by atoms with E-state index in [0.29, 0.717) is 11.4 Å². The second-order valence-corrected chi connectivity index (χ2v) is 3.93. The lowest BCUT2D eigenvalue weighted by atomic mass is 9.89. The first-order valence-electron chi connectivity index (χ1n) is 4.49.